The van der Waals surface area contributed by atoms with Gasteiger partial charge in [0, 0.05) is 43.3 Å². The number of rotatable bonds is 7. The monoisotopic (exact) mass is 319 g/mol. The van der Waals surface area contributed by atoms with E-state index in [1.807, 2.05) is 30.3 Å². The fourth-order valence-corrected chi connectivity index (χ4v) is 2.44. The molecule has 122 valence electrons. The molecule has 0 fully saturated rings. The Balaban J connectivity index is 1.47. The molecule has 3 rings (SSSR count). The lowest BCUT2D eigenvalue weighted by Gasteiger charge is -2.07. The molecule has 0 radical (unpaired) electrons. The molecule has 0 spiro atoms. The second-order valence-corrected chi connectivity index (χ2v) is 5.83. The van der Waals surface area contributed by atoms with E-state index in [1.54, 1.807) is 0 Å². The Bertz CT molecular complexity index is 756. The summed E-state index contributed by atoms with van der Waals surface area (Å²) in [6.07, 6.45) is 15.1. The van der Waals surface area contributed by atoms with Crippen LogP contribution in [0.25, 0.3) is 12.2 Å². The molecule has 0 unspecified atom stereocenters. The Kier molecular flexibility index (Phi) is 5.40. The van der Waals surface area contributed by atoms with Crippen molar-refractivity contribution < 1.29 is 4.57 Å². The van der Waals surface area contributed by atoms with E-state index in [-0.39, 0.29) is 0 Å². The highest BCUT2D eigenvalue weighted by molar-refractivity contribution is 5.70. The van der Waals surface area contributed by atoms with Gasteiger partial charge in [-0.2, -0.15) is 0 Å². The first-order chi connectivity index (χ1) is 11.8. The highest BCUT2D eigenvalue weighted by Crippen LogP contribution is 2.12. The maximum Gasteiger partial charge on any atom is 0.169 e. The van der Waals surface area contributed by atoms with Crippen LogP contribution in [-0.4, -0.2) is 16.1 Å². The van der Waals surface area contributed by atoms with E-state index in [2.05, 4.69) is 75.8 Å². The van der Waals surface area contributed by atoms with Crippen LogP contribution in [-0.2, 0) is 13.6 Å². The van der Waals surface area contributed by atoms with E-state index in [0.717, 1.165) is 25.2 Å². The zero-order valence-electron chi connectivity index (χ0n) is 14.0. The maximum atomic E-state index is 4.05. The van der Waals surface area contributed by atoms with Crippen molar-refractivity contribution in [3.8, 4) is 0 Å². The number of imidazole rings is 1. The van der Waals surface area contributed by atoms with Crippen LogP contribution in [0.1, 0.15) is 17.5 Å². The van der Waals surface area contributed by atoms with Gasteiger partial charge in [-0.15, -0.1) is 0 Å². The highest BCUT2D eigenvalue weighted by Gasteiger charge is 1.95. The molecule has 1 N–H and O–H groups in total. The van der Waals surface area contributed by atoms with Gasteiger partial charge in [0.1, 0.15) is 7.05 Å². The molecule has 0 saturated heterocycles. The molecule has 0 bridgehead atoms. The van der Waals surface area contributed by atoms with E-state index >= 15 is 0 Å². The smallest absolute Gasteiger partial charge is 0.169 e. The summed E-state index contributed by atoms with van der Waals surface area (Å²) in [5.74, 6) is 0. The first-order valence-electron chi connectivity index (χ1n) is 8.23. The van der Waals surface area contributed by atoms with Crippen LogP contribution in [0.5, 0.6) is 0 Å². The Morgan fingerprint density at radius 3 is 2.42 bits per heavy atom. The van der Waals surface area contributed by atoms with Gasteiger partial charge in [-0.3, -0.25) is 0 Å². The standard InChI is InChI=1S/C20H22N4/c1-23-14-9-19(10-15-23)4-3-18-5-7-20(8-6-18)22-11-2-13-24-16-12-21-17-24/h3-10,12,14-17H,2,11,13H2,1H3/p+1. The first-order valence-corrected chi connectivity index (χ1v) is 8.23. The molecule has 1 aromatic carbocycles. The number of pyridine rings is 1. The average Bonchev–Trinajstić information content (AvgIpc) is 3.13. The van der Waals surface area contributed by atoms with Crippen molar-refractivity contribution in [3.63, 3.8) is 0 Å². The number of benzene rings is 1. The number of aromatic nitrogens is 3. The van der Waals surface area contributed by atoms with E-state index in [0.29, 0.717) is 0 Å². The summed E-state index contributed by atoms with van der Waals surface area (Å²) in [5.41, 5.74) is 3.56. The molecule has 2 heterocycles. The molecule has 0 aliphatic heterocycles. The Hall–Kier alpha value is -2.88. The largest absolute Gasteiger partial charge is 0.385 e. The predicted octanol–water partition coefficient (Wildman–Crippen LogP) is 3.38. The van der Waals surface area contributed by atoms with Gasteiger partial charge in [0.05, 0.1) is 6.33 Å². The molecule has 4 nitrogen and oxygen atoms in total. The number of hydrogen-bond donors (Lipinski definition) is 1. The summed E-state index contributed by atoms with van der Waals surface area (Å²) in [6, 6.07) is 12.7. The minimum atomic E-state index is 0.953. The zero-order valence-corrected chi connectivity index (χ0v) is 14.0. The molecule has 0 aliphatic carbocycles. The highest BCUT2D eigenvalue weighted by atomic mass is 15.0. The van der Waals surface area contributed by atoms with Crippen LogP contribution in [0.3, 0.4) is 0 Å². The third-order valence-corrected chi connectivity index (χ3v) is 3.86. The molecular weight excluding hydrogens is 296 g/mol. The zero-order chi connectivity index (χ0) is 16.6. The number of nitrogens with zero attached hydrogens (tertiary/aromatic N) is 3. The Labute approximate surface area is 143 Å². The topological polar surface area (TPSA) is 33.7 Å². The van der Waals surface area contributed by atoms with Gasteiger partial charge < -0.3 is 9.88 Å². The summed E-state index contributed by atoms with van der Waals surface area (Å²) >= 11 is 0. The molecule has 0 atom stereocenters. The van der Waals surface area contributed by atoms with Crippen LogP contribution in [0.4, 0.5) is 5.69 Å². The SMILES string of the molecule is C[n+]1ccc(/C=C/c2ccc(NCCCn3ccnc3)cc2)cc1. The van der Waals surface area contributed by atoms with Crippen molar-refractivity contribution in [1.82, 2.24) is 9.55 Å². The van der Waals surface area contributed by atoms with Gasteiger partial charge >= 0.3 is 0 Å². The van der Waals surface area contributed by atoms with Crippen LogP contribution < -0.4 is 9.88 Å². The lowest BCUT2D eigenvalue weighted by Crippen LogP contribution is -2.25. The number of anilines is 1. The lowest BCUT2D eigenvalue weighted by atomic mass is 10.1. The summed E-state index contributed by atoms with van der Waals surface area (Å²) in [4.78, 5) is 4.05. The van der Waals surface area contributed by atoms with Gasteiger partial charge in [-0.05, 0) is 29.7 Å². The molecule has 4 heteroatoms. The van der Waals surface area contributed by atoms with Crippen molar-refractivity contribution in [2.24, 2.45) is 7.05 Å². The van der Waals surface area contributed by atoms with Crippen LogP contribution in [0.2, 0.25) is 0 Å². The summed E-state index contributed by atoms with van der Waals surface area (Å²) in [6.45, 7) is 1.94. The quantitative estimate of drug-likeness (QED) is 0.535. The third kappa shape index (κ3) is 4.81. The molecular formula is C20H23N4+. The molecule has 0 amide bonds. The van der Waals surface area contributed by atoms with Gasteiger partial charge in [-0.25, -0.2) is 9.55 Å². The fraction of sp³-hybridized carbons (Fsp3) is 0.200. The molecule has 2 aromatic heterocycles. The fourth-order valence-electron chi connectivity index (χ4n) is 2.44. The van der Waals surface area contributed by atoms with Crippen molar-refractivity contribution in [2.75, 3.05) is 11.9 Å². The van der Waals surface area contributed by atoms with E-state index in [9.17, 15) is 0 Å². The third-order valence-electron chi connectivity index (χ3n) is 3.86. The Morgan fingerprint density at radius 1 is 1.04 bits per heavy atom. The molecule has 3 aromatic rings. The van der Waals surface area contributed by atoms with Gasteiger partial charge in [-0.1, -0.05) is 24.3 Å². The summed E-state index contributed by atoms with van der Waals surface area (Å²) in [7, 11) is 2.02. The molecule has 24 heavy (non-hydrogen) atoms. The van der Waals surface area contributed by atoms with E-state index in [4.69, 9.17) is 0 Å². The predicted molar refractivity (Wildman–Crippen MR) is 98.3 cm³/mol. The minimum Gasteiger partial charge on any atom is -0.385 e. The maximum absolute atomic E-state index is 4.05. The second-order valence-electron chi connectivity index (χ2n) is 5.83. The molecule has 0 aliphatic rings. The van der Waals surface area contributed by atoms with Crippen LogP contribution in [0.15, 0.2) is 67.5 Å². The Morgan fingerprint density at radius 2 is 1.75 bits per heavy atom. The second kappa shape index (κ2) is 8.11. The van der Waals surface area contributed by atoms with Gasteiger partial charge in [0.2, 0.25) is 0 Å². The van der Waals surface area contributed by atoms with Crippen molar-refractivity contribution >= 4 is 17.8 Å². The number of nitrogens with one attached hydrogen (secondary N) is 1. The van der Waals surface area contributed by atoms with E-state index < -0.39 is 0 Å². The summed E-state index contributed by atoms with van der Waals surface area (Å²) < 4.78 is 4.13. The van der Waals surface area contributed by atoms with Crippen molar-refractivity contribution in [3.05, 3.63) is 78.6 Å². The summed E-state index contributed by atoms with van der Waals surface area (Å²) in [5, 5.41) is 3.45. The molecule has 0 saturated carbocycles. The normalized spacial score (nSPS) is 11.0. The number of aryl methyl sites for hydroxylation is 2. The number of hydrogen-bond acceptors (Lipinski definition) is 2. The minimum absolute atomic E-state index is 0.953. The van der Waals surface area contributed by atoms with Crippen LogP contribution >= 0.6 is 0 Å². The van der Waals surface area contributed by atoms with Crippen molar-refractivity contribution in [1.29, 1.82) is 0 Å². The first kappa shape index (κ1) is 16.0. The van der Waals surface area contributed by atoms with Gasteiger partial charge in [0.25, 0.3) is 0 Å². The van der Waals surface area contributed by atoms with Gasteiger partial charge in [0.15, 0.2) is 12.4 Å². The average molecular weight is 319 g/mol. The van der Waals surface area contributed by atoms with E-state index in [1.165, 1.54) is 11.1 Å². The van der Waals surface area contributed by atoms with Crippen LogP contribution in [0, 0.1) is 0 Å². The lowest BCUT2D eigenvalue weighted by molar-refractivity contribution is -0.671. The van der Waals surface area contributed by atoms with Crippen molar-refractivity contribution in [2.45, 2.75) is 13.0 Å².